The molecule has 39 heavy (non-hydrogen) atoms. The van der Waals surface area contributed by atoms with Crippen LogP contribution in [0.4, 0.5) is 0 Å². The van der Waals surface area contributed by atoms with Gasteiger partial charge in [0.1, 0.15) is 17.4 Å². The summed E-state index contributed by atoms with van der Waals surface area (Å²) >= 11 is 0. The van der Waals surface area contributed by atoms with Gasteiger partial charge in [-0.3, -0.25) is 14.4 Å². The summed E-state index contributed by atoms with van der Waals surface area (Å²) in [5.41, 5.74) is 6.37. The fraction of sp³-hybridized carbons (Fsp3) is 0.172. The van der Waals surface area contributed by atoms with Crippen LogP contribution in [-0.2, 0) is 16.0 Å². The molecule has 0 spiro atoms. The van der Waals surface area contributed by atoms with Crippen molar-refractivity contribution in [3.63, 3.8) is 0 Å². The van der Waals surface area contributed by atoms with Gasteiger partial charge in [0.25, 0.3) is 11.8 Å². The second kappa shape index (κ2) is 12.1. The average molecular weight is 530 g/mol. The van der Waals surface area contributed by atoms with Crippen molar-refractivity contribution in [3.8, 4) is 5.75 Å². The second-order valence-electron chi connectivity index (χ2n) is 8.79. The van der Waals surface area contributed by atoms with Crippen LogP contribution in [-0.4, -0.2) is 42.1 Å². The van der Waals surface area contributed by atoms with E-state index in [9.17, 15) is 24.3 Å². The predicted octanol–water partition coefficient (Wildman–Crippen LogP) is 1.85. The van der Waals surface area contributed by atoms with Gasteiger partial charge in [0.15, 0.2) is 6.10 Å². The Labute approximate surface area is 223 Å². The molecule has 0 bridgehead atoms. The lowest BCUT2D eigenvalue weighted by Crippen LogP contribution is -2.52. The van der Waals surface area contributed by atoms with Crippen molar-refractivity contribution in [2.75, 3.05) is 7.11 Å². The first kappa shape index (κ1) is 27.1. The van der Waals surface area contributed by atoms with E-state index in [1.165, 1.54) is 19.2 Å². The molecule has 4 rings (SSSR count). The Balaban J connectivity index is 1.58. The molecule has 3 aromatic carbocycles. The van der Waals surface area contributed by atoms with Gasteiger partial charge < -0.3 is 30.6 Å². The minimum atomic E-state index is -1.77. The Morgan fingerprint density at radius 1 is 0.949 bits per heavy atom. The van der Waals surface area contributed by atoms with Gasteiger partial charge in [-0.25, -0.2) is 4.79 Å². The number of amides is 3. The highest BCUT2D eigenvalue weighted by Gasteiger charge is 2.32. The highest BCUT2D eigenvalue weighted by molar-refractivity contribution is 5.95. The van der Waals surface area contributed by atoms with E-state index in [0.29, 0.717) is 27.8 Å². The number of aliphatic hydroxyl groups is 1. The van der Waals surface area contributed by atoms with Gasteiger partial charge in [-0.1, -0.05) is 48.5 Å². The van der Waals surface area contributed by atoms with Crippen LogP contribution in [0, 0.1) is 0 Å². The summed E-state index contributed by atoms with van der Waals surface area (Å²) in [5, 5.41) is 16.7. The van der Waals surface area contributed by atoms with Crippen molar-refractivity contribution in [3.05, 3.63) is 112 Å². The number of primary amides is 1. The second-order valence-corrected chi connectivity index (χ2v) is 8.79. The lowest BCUT2D eigenvalue weighted by molar-refractivity contribution is -0.134. The Morgan fingerprint density at radius 2 is 1.62 bits per heavy atom. The topological polar surface area (TPSA) is 161 Å². The predicted molar refractivity (Wildman–Crippen MR) is 143 cm³/mol. The van der Waals surface area contributed by atoms with Crippen molar-refractivity contribution in [2.45, 2.75) is 24.6 Å². The molecule has 10 heteroatoms. The molecular formula is C29H27N3O7. The smallest absolute Gasteiger partial charge is 0.336 e. The molecule has 3 amide bonds. The van der Waals surface area contributed by atoms with E-state index in [1.54, 1.807) is 72.8 Å². The summed E-state index contributed by atoms with van der Waals surface area (Å²) in [7, 11) is 1.47. The summed E-state index contributed by atoms with van der Waals surface area (Å²) in [4.78, 5) is 50.5. The quantitative estimate of drug-likeness (QED) is 0.228. The third-order valence-corrected chi connectivity index (χ3v) is 6.19. The van der Waals surface area contributed by atoms with Crippen LogP contribution in [0.25, 0.3) is 11.0 Å². The van der Waals surface area contributed by atoms with E-state index in [4.69, 9.17) is 14.9 Å². The molecule has 4 aromatic rings. The third kappa shape index (κ3) is 6.49. The third-order valence-electron chi connectivity index (χ3n) is 6.19. The van der Waals surface area contributed by atoms with Gasteiger partial charge in [-0.05, 0) is 35.4 Å². The monoisotopic (exact) mass is 529 g/mol. The standard InChI is InChI=1S/C29H27N3O7/c1-38-20-12-13-21-19(15-24(33)39-23(21)16-20)14-22(27(30)35)31-29(37)26(34)25(17-8-4-2-5-9-17)32-28(36)18-10-6-3-7-11-18/h2-13,15-16,22,25-26,34H,14H2,1H3,(H2,30,35)(H,31,37)(H,32,36)/t22-,25-,26+/m0/s1. The van der Waals surface area contributed by atoms with E-state index in [0.717, 1.165) is 0 Å². The largest absolute Gasteiger partial charge is 0.497 e. The van der Waals surface area contributed by atoms with E-state index in [2.05, 4.69) is 10.6 Å². The fourth-order valence-electron chi connectivity index (χ4n) is 4.18. The van der Waals surface area contributed by atoms with Gasteiger partial charge in [-0.15, -0.1) is 0 Å². The minimum absolute atomic E-state index is 0.144. The molecule has 10 nitrogen and oxygen atoms in total. The average Bonchev–Trinajstić information content (AvgIpc) is 2.95. The highest BCUT2D eigenvalue weighted by atomic mass is 16.5. The van der Waals surface area contributed by atoms with Crippen LogP contribution in [0.1, 0.15) is 27.5 Å². The molecule has 0 unspecified atom stereocenters. The molecule has 200 valence electrons. The van der Waals surface area contributed by atoms with Crippen molar-refractivity contribution in [1.29, 1.82) is 0 Å². The Hall–Kier alpha value is -4.96. The molecule has 0 saturated carbocycles. The number of methoxy groups -OCH3 is 1. The lowest BCUT2D eigenvalue weighted by Gasteiger charge is -2.26. The number of hydrogen-bond acceptors (Lipinski definition) is 7. The lowest BCUT2D eigenvalue weighted by atomic mass is 9.98. The van der Waals surface area contributed by atoms with Gasteiger partial charge in [0.05, 0.1) is 13.2 Å². The molecular weight excluding hydrogens is 502 g/mol. The summed E-state index contributed by atoms with van der Waals surface area (Å²) < 4.78 is 10.4. The van der Waals surface area contributed by atoms with Crippen LogP contribution < -0.4 is 26.7 Å². The summed E-state index contributed by atoms with van der Waals surface area (Å²) in [6.45, 7) is 0. The summed E-state index contributed by atoms with van der Waals surface area (Å²) in [6.07, 6.45) is -1.92. The molecule has 0 saturated heterocycles. The van der Waals surface area contributed by atoms with E-state index in [-0.39, 0.29) is 12.0 Å². The maximum Gasteiger partial charge on any atom is 0.336 e. The van der Waals surface area contributed by atoms with Crippen LogP contribution in [0.2, 0.25) is 0 Å². The number of nitrogens with two attached hydrogens (primary N) is 1. The molecule has 0 aliphatic carbocycles. The number of ether oxygens (including phenoxy) is 1. The maximum atomic E-state index is 13.2. The first-order valence-electron chi connectivity index (χ1n) is 12.1. The molecule has 1 heterocycles. The molecule has 0 aliphatic heterocycles. The Bertz CT molecular complexity index is 1540. The Morgan fingerprint density at radius 3 is 2.26 bits per heavy atom. The van der Waals surface area contributed by atoms with E-state index in [1.807, 2.05) is 0 Å². The van der Waals surface area contributed by atoms with Crippen molar-refractivity contribution in [2.24, 2.45) is 5.73 Å². The van der Waals surface area contributed by atoms with E-state index < -0.39 is 41.5 Å². The molecule has 3 atom stereocenters. The van der Waals surface area contributed by atoms with Crippen molar-refractivity contribution >= 4 is 28.7 Å². The van der Waals surface area contributed by atoms with Crippen molar-refractivity contribution < 1.29 is 28.6 Å². The molecule has 5 N–H and O–H groups in total. The van der Waals surface area contributed by atoms with Crippen LogP contribution in [0.3, 0.4) is 0 Å². The number of fused-ring (bicyclic) bond motifs is 1. The fourth-order valence-corrected chi connectivity index (χ4v) is 4.18. The summed E-state index contributed by atoms with van der Waals surface area (Å²) in [6, 6.07) is 20.5. The molecule has 1 aromatic heterocycles. The minimum Gasteiger partial charge on any atom is -0.497 e. The normalized spacial score (nSPS) is 13.2. The van der Waals surface area contributed by atoms with Gasteiger partial charge in [0.2, 0.25) is 5.91 Å². The number of benzene rings is 3. The SMILES string of the molecule is COc1ccc2c(C[C@H](NC(=O)[C@H](O)[C@@H](NC(=O)c3ccccc3)c3ccccc3)C(N)=O)cc(=O)oc2c1. The Kier molecular flexibility index (Phi) is 8.37. The molecule has 0 fully saturated rings. The zero-order chi connectivity index (χ0) is 27.9. The van der Waals surface area contributed by atoms with Gasteiger partial charge in [0, 0.05) is 29.5 Å². The number of nitrogens with one attached hydrogen (secondary N) is 2. The van der Waals surface area contributed by atoms with Gasteiger partial charge in [-0.2, -0.15) is 0 Å². The highest BCUT2D eigenvalue weighted by Crippen LogP contribution is 2.24. The summed E-state index contributed by atoms with van der Waals surface area (Å²) in [5.74, 6) is -1.85. The van der Waals surface area contributed by atoms with Crippen LogP contribution >= 0.6 is 0 Å². The molecule has 0 aliphatic rings. The maximum absolute atomic E-state index is 13.2. The van der Waals surface area contributed by atoms with Crippen LogP contribution in [0.15, 0.2) is 94.1 Å². The number of rotatable bonds is 10. The van der Waals surface area contributed by atoms with Crippen molar-refractivity contribution in [1.82, 2.24) is 10.6 Å². The number of hydrogen-bond donors (Lipinski definition) is 4. The van der Waals surface area contributed by atoms with E-state index >= 15 is 0 Å². The van der Waals surface area contributed by atoms with Gasteiger partial charge >= 0.3 is 5.63 Å². The number of carbonyl (C=O) groups is 3. The first-order valence-corrected chi connectivity index (χ1v) is 12.1. The molecule has 0 radical (unpaired) electrons. The first-order chi connectivity index (χ1) is 18.8. The number of carbonyl (C=O) groups excluding carboxylic acids is 3. The zero-order valence-corrected chi connectivity index (χ0v) is 21.0. The zero-order valence-electron chi connectivity index (χ0n) is 21.0. The number of aliphatic hydroxyl groups excluding tert-OH is 1. The van der Waals surface area contributed by atoms with Crippen LogP contribution in [0.5, 0.6) is 5.75 Å².